The van der Waals surface area contributed by atoms with E-state index in [0.29, 0.717) is 13.1 Å². The van der Waals surface area contributed by atoms with E-state index in [4.69, 9.17) is 4.74 Å². The molecule has 2 heterocycles. The van der Waals surface area contributed by atoms with Crippen molar-refractivity contribution in [2.24, 2.45) is 0 Å². The molecule has 2 amide bonds. The third-order valence-electron chi connectivity index (χ3n) is 3.86. The second-order valence-corrected chi connectivity index (χ2v) is 5.35. The van der Waals surface area contributed by atoms with Crippen LogP contribution in [0.25, 0.3) is 5.65 Å². The van der Waals surface area contributed by atoms with Gasteiger partial charge in [-0.3, -0.25) is 0 Å². The predicted octanol–water partition coefficient (Wildman–Crippen LogP) is 3.40. The van der Waals surface area contributed by atoms with Crippen LogP contribution in [0.3, 0.4) is 0 Å². The number of nitrogens with one attached hydrogen (secondary N) is 1. The molecule has 2 aromatic heterocycles. The van der Waals surface area contributed by atoms with Gasteiger partial charge < -0.3 is 19.4 Å². The molecule has 0 radical (unpaired) electrons. The van der Waals surface area contributed by atoms with Crippen molar-refractivity contribution in [2.45, 2.75) is 13.5 Å². The normalized spacial score (nSPS) is 10.6. The second kappa shape index (κ2) is 7.04. The van der Waals surface area contributed by atoms with E-state index in [1.165, 1.54) is 0 Å². The molecular weight excluding hydrogens is 304 g/mol. The molecule has 0 unspecified atom stereocenters. The van der Waals surface area contributed by atoms with E-state index in [-0.39, 0.29) is 6.03 Å². The van der Waals surface area contributed by atoms with Crippen molar-refractivity contribution >= 4 is 17.4 Å². The van der Waals surface area contributed by atoms with Crippen LogP contribution >= 0.6 is 0 Å². The van der Waals surface area contributed by atoms with E-state index < -0.39 is 0 Å². The highest BCUT2D eigenvalue weighted by atomic mass is 16.5. The average molecular weight is 324 g/mol. The average Bonchev–Trinajstić information content (AvgIpc) is 3.03. The highest BCUT2D eigenvalue weighted by molar-refractivity contribution is 5.89. The van der Waals surface area contributed by atoms with Gasteiger partial charge in [0.1, 0.15) is 11.4 Å². The van der Waals surface area contributed by atoms with Crippen LogP contribution in [0.2, 0.25) is 0 Å². The smallest absolute Gasteiger partial charge is 0.322 e. The summed E-state index contributed by atoms with van der Waals surface area (Å²) in [5, 5.41) is 2.91. The number of fused-ring (bicyclic) bond motifs is 1. The van der Waals surface area contributed by atoms with E-state index in [2.05, 4.69) is 10.3 Å². The maximum Gasteiger partial charge on any atom is 0.322 e. The minimum absolute atomic E-state index is 0.145. The fourth-order valence-corrected chi connectivity index (χ4v) is 2.50. The lowest BCUT2D eigenvalue weighted by atomic mass is 10.3. The summed E-state index contributed by atoms with van der Waals surface area (Å²) in [6, 6.07) is 13.0. The van der Waals surface area contributed by atoms with Crippen molar-refractivity contribution in [2.75, 3.05) is 19.0 Å². The summed E-state index contributed by atoms with van der Waals surface area (Å²) in [5.41, 5.74) is 2.58. The molecule has 0 fully saturated rings. The molecule has 0 saturated carbocycles. The van der Waals surface area contributed by atoms with Crippen LogP contribution in [0.5, 0.6) is 5.75 Å². The molecule has 0 atom stereocenters. The van der Waals surface area contributed by atoms with Gasteiger partial charge in [-0.05, 0) is 43.3 Å². The third kappa shape index (κ3) is 3.32. The lowest BCUT2D eigenvalue weighted by Gasteiger charge is -2.21. The van der Waals surface area contributed by atoms with Crippen LogP contribution in [0, 0.1) is 0 Å². The fraction of sp³-hybridized carbons (Fsp3) is 0.222. The van der Waals surface area contributed by atoms with Gasteiger partial charge in [0.2, 0.25) is 0 Å². The Hall–Kier alpha value is -3.02. The van der Waals surface area contributed by atoms with Crippen LogP contribution in [-0.2, 0) is 6.54 Å². The lowest BCUT2D eigenvalue weighted by Crippen LogP contribution is -2.34. The molecule has 0 saturated heterocycles. The predicted molar refractivity (Wildman–Crippen MR) is 93.3 cm³/mol. The number of imidazole rings is 1. The third-order valence-corrected chi connectivity index (χ3v) is 3.86. The summed E-state index contributed by atoms with van der Waals surface area (Å²) in [6.45, 7) is 3.04. The Morgan fingerprint density at radius 1 is 1.25 bits per heavy atom. The van der Waals surface area contributed by atoms with Crippen LogP contribution < -0.4 is 10.1 Å². The largest absolute Gasteiger partial charge is 0.497 e. The van der Waals surface area contributed by atoms with E-state index in [1.807, 2.05) is 60.0 Å². The molecular formula is C18H20N4O2. The summed E-state index contributed by atoms with van der Waals surface area (Å²) >= 11 is 0. The van der Waals surface area contributed by atoms with E-state index in [9.17, 15) is 4.79 Å². The molecule has 1 N–H and O–H groups in total. The number of urea groups is 1. The van der Waals surface area contributed by atoms with Gasteiger partial charge in [-0.2, -0.15) is 0 Å². The van der Waals surface area contributed by atoms with Crippen LogP contribution in [-0.4, -0.2) is 34.0 Å². The van der Waals surface area contributed by atoms with Crippen molar-refractivity contribution in [3.05, 3.63) is 60.6 Å². The number of anilines is 1. The molecule has 0 aliphatic heterocycles. The molecule has 0 spiro atoms. The topological polar surface area (TPSA) is 58.9 Å². The zero-order valence-corrected chi connectivity index (χ0v) is 13.8. The Morgan fingerprint density at radius 2 is 2.04 bits per heavy atom. The first-order valence-corrected chi connectivity index (χ1v) is 7.82. The van der Waals surface area contributed by atoms with Gasteiger partial charge in [0, 0.05) is 18.4 Å². The minimum Gasteiger partial charge on any atom is -0.497 e. The Morgan fingerprint density at radius 3 is 2.75 bits per heavy atom. The van der Waals surface area contributed by atoms with Crippen LogP contribution in [0.1, 0.15) is 12.6 Å². The molecule has 6 nitrogen and oxygen atoms in total. The first-order chi connectivity index (χ1) is 11.7. The molecule has 3 rings (SSSR count). The van der Waals surface area contributed by atoms with Gasteiger partial charge in [-0.25, -0.2) is 9.78 Å². The number of ether oxygens (including phenoxy) is 1. The Labute approximate surface area is 140 Å². The zero-order chi connectivity index (χ0) is 16.9. The molecule has 0 aliphatic carbocycles. The molecule has 1 aromatic carbocycles. The number of hydrogen-bond acceptors (Lipinski definition) is 3. The van der Waals surface area contributed by atoms with Gasteiger partial charge in [0.25, 0.3) is 0 Å². The Bertz CT molecular complexity index is 826. The summed E-state index contributed by atoms with van der Waals surface area (Å²) in [5.74, 6) is 0.756. The summed E-state index contributed by atoms with van der Waals surface area (Å²) in [7, 11) is 1.61. The molecule has 6 heteroatoms. The van der Waals surface area contributed by atoms with Gasteiger partial charge in [-0.1, -0.05) is 6.07 Å². The SMILES string of the molecule is CCN(Cc1cnc2ccccn12)C(=O)Nc1ccc(OC)cc1. The van der Waals surface area contributed by atoms with E-state index in [0.717, 1.165) is 22.8 Å². The van der Waals surface area contributed by atoms with Gasteiger partial charge in [0.15, 0.2) is 0 Å². The molecule has 24 heavy (non-hydrogen) atoms. The quantitative estimate of drug-likeness (QED) is 0.782. The van der Waals surface area contributed by atoms with Gasteiger partial charge in [0.05, 0.1) is 25.5 Å². The molecule has 0 aliphatic rings. The summed E-state index contributed by atoms with van der Waals surface area (Å²) in [4.78, 5) is 18.6. The van der Waals surface area contributed by atoms with Crippen molar-refractivity contribution in [3.8, 4) is 5.75 Å². The second-order valence-electron chi connectivity index (χ2n) is 5.35. The van der Waals surface area contributed by atoms with Crippen molar-refractivity contribution in [3.63, 3.8) is 0 Å². The fourth-order valence-electron chi connectivity index (χ4n) is 2.50. The highest BCUT2D eigenvalue weighted by Crippen LogP contribution is 2.16. The monoisotopic (exact) mass is 324 g/mol. The highest BCUT2D eigenvalue weighted by Gasteiger charge is 2.14. The minimum atomic E-state index is -0.145. The summed E-state index contributed by atoms with van der Waals surface area (Å²) < 4.78 is 7.11. The maximum atomic E-state index is 12.5. The maximum absolute atomic E-state index is 12.5. The number of carbonyl (C=O) groups is 1. The van der Waals surface area contributed by atoms with Crippen molar-refractivity contribution < 1.29 is 9.53 Å². The zero-order valence-electron chi connectivity index (χ0n) is 13.8. The number of hydrogen-bond donors (Lipinski definition) is 1. The Kier molecular flexibility index (Phi) is 4.65. The van der Waals surface area contributed by atoms with E-state index in [1.54, 1.807) is 18.2 Å². The number of benzene rings is 1. The van der Waals surface area contributed by atoms with Crippen LogP contribution in [0.15, 0.2) is 54.9 Å². The number of nitrogens with zero attached hydrogens (tertiary/aromatic N) is 3. The first kappa shape index (κ1) is 15.9. The van der Waals surface area contributed by atoms with Gasteiger partial charge >= 0.3 is 6.03 Å². The number of rotatable bonds is 5. The van der Waals surface area contributed by atoms with Crippen molar-refractivity contribution in [1.82, 2.24) is 14.3 Å². The molecule has 124 valence electrons. The standard InChI is InChI=1S/C18H20N4O2/c1-3-21(13-15-12-19-17-6-4-5-11-22(15)17)18(23)20-14-7-9-16(24-2)10-8-14/h4-12H,3,13H2,1-2H3,(H,20,23). The number of amides is 2. The molecule has 0 bridgehead atoms. The first-order valence-electron chi connectivity index (χ1n) is 7.82. The number of aromatic nitrogens is 2. The van der Waals surface area contributed by atoms with E-state index >= 15 is 0 Å². The van der Waals surface area contributed by atoms with Gasteiger partial charge in [-0.15, -0.1) is 0 Å². The molecule has 3 aromatic rings. The number of carbonyl (C=O) groups excluding carboxylic acids is 1. The van der Waals surface area contributed by atoms with Crippen molar-refractivity contribution in [1.29, 1.82) is 0 Å². The summed E-state index contributed by atoms with van der Waals surface area (Å²) in [6.07, 6.45) is 3.76. The lowest BCUT2D eigenvalue weighted by molar-refractivity contribution is 0.211. The number of methoxy groups -OCH3 is 1. The van der Waals surface area contributed by atoms with Crippen LogP contribution in [0.4, 0.5) is 10.5 Å². The Balaban J connectivity index is 1.71. The number of pyridine rings is 1.